The summed E-state index contributed by atoms with van der Waals surface area (Å²) in [6.45, 7) is 0.318. The molecular formula is C13H13NO3. The largest absolute Gasteiger partial charge is 0.481 e. The highest BCUT2D eigenvalue weighted by atomic mass is 16.4. The van der Waals surface area contributed by atoms with Gasteiger partial charge in [0.2, 0.25) is 5.91 Å². The van der Waals surface area contributed by atoms with Crippen LogP contribution in [0.5, 0.6) is 0 Å². The van der Waals surface area contributed by atoms with Crippen LogP contribution in [0.2, 0.25) is 0 Å². The van der Waals surface area contributed by atoms with Crippen LogP contribution in [0, 0.1) is 12.3 Å². The van der Waals surface area contributed by atoms with Crippen molar-refractivity contribution in [3.63, 3.8) is 0 Å². The number of nitrogens with one attached hydrogen (secondary N) is 1. The predicted molar refractivity (Wildman–Crippen MR) is 63.1 cm³/mol. The van der Waals surface area contributed by atoms with Crippen LogP contribution < -0.4 is 5.32 Å². The lowest BCUT2D eigenvalue weighted by molar-refractivity contribution is -0.138. The van der Waals surface area contributed by atoms with E-state index in [1.165, 1.54) is 0 Å². The molecule has 0 aromatic heterocycles. The minimum atomic E-state index is -0.982. The summed E-state index contributed by atoms with van der Waals surface area (Å²) in [5, 5.41) is 11.1. The first-order valence-corrected chi connectivity index (χ1v) is 5.16. The maximum atomic E-state index is 11.3. The lowest BCUT2D eigenvalue weighted by atomic mass is 10.1. The van der Waals surface area contributed by atoms with E-state index >= 15 is 0 Å². The third-order valence-electron chi connectivity index (χ3n) is 2.21. The van der Waals surface area contributed by atoms with Gasteiger partial charge in [0.15, 0.2) is 0 Å². The first kappa shape index (κ1) is 12.8. The van der Waals surface area contributed by atoms with Gasteiger partial charge in [0.1, 0.15) is 0 Å². The molecular weight excluding hydrogens is 218 g/mol. The van der Waals surface area contributed by atoms with Gasteiger partial charge in [-0.15, -0.1) is 6.42 Å². The zero-order chi connectivity index (χ0) is 12.7. The number of carbonyl (C=O) groups excluding carboxylic acids is 1. The normalized spacial score (nSPS) is 9.35. The molecule has 0 heterocycles. The van der Waals surface area contributed by atoms with E-state index in [1.54, 1.807) is 6.07 Å². The molecule has 0 aliphatic rings. The van der Waals surface area contributed by atoms with Crippen LogP contribution in [-0.2, 0) is 16.1 Å². The number of benzene rings is 1. The number of amides is 1. The van der Waals surface area contributed by atoms with Crippen molar-refractivity contribution in [2.75, 3.05) is 0 Å². The van der Waals surface area contributed by atoms with Gasteiger partial charge >= 0.3 is 5.97 Å². The number of aliphatic carboxylic acids is 1. The van der Waals surface area contributed by atoms with Crippen LogP contribution in [0.25, 0.3) is 0 Å². The fourth-order valence-corrected chi connectivity index (χ4v) is 1.32. The molecule has 0 bridgehead atoms. The number of hydrogen-bond acceptors (Lipinski definition) is 2. The van der Waals surface area contributed by atoms with E-state index in [2.05, 4.69) is 11.2 Å². The molecule has 1 rings (SSSR count). The van der Waals surface area contributed by atoms with E-state index in [-0.39, 0.29) is 18.7 Å². The Labute approximate surface area is 99.7 Å². The topological polar surface area (TPSA) is 66.4 Å². The average Bonchev–Trinajstić information content (AvgIpc) is 2.34. The van der Waals surface area contributed by atoms with E-state index in [0.717, 1.165) is 11.1 Å². The minimum absolute atomic E-state index is 0.0203. The van der Waals surface area contributed by atoms with Crippen LogP contribution >= 0.6 is 0 Å². The number of rotatable bonds is 5. The maximum Gasteiger partial charge on any atom is 0.303 e. The summed E-state index contributed by atoms with van der Waals surface area (Å²) in [5.41, 5.74) is 1.57. The molecule has 0 saturated heterocycles. The molecule has 0 fully saturated rings. The van der Waals surface area contributed by atoms with Crippen molar-refractivity contribution in [3.8, 4) is 12.3 Å². The minimum Gasteiger partial charge on any atom is -0.481 e. The van der Waals surface area contributed by atoms with Crippen molar-refractivity contribution in [2.24, 2.45) is 0 Å². The fraction of sp³-hybridized carbons (Fsp3) is 0.231. The summed E-state index contributed by atoms with van der Waals surface area (Å²) in [6, 6.07) is 7.27. The van der Waals surface area contributed by atoms with E-state index in [1.807, 2.05) is 18.2 Å². The number of carbonyl (C=O) groups is 2. The Morgan fingerprint density at radius 1 is 1.29 bits per heavy atom. The SMILES string of the molecule is C#Cc1ccccc1CNC(=O)CCC(=O)O. The molecule has 0 spiro atoms. The highest BCUT2D eigenvalue weighted by molar-refractivity contribution is 5.80. The van der Waals surface area contributed by atoms with Crippen molar-refractivity contribution in [3.05, 3.63) is 35.4 Å². The second kappa shape index (κ2) is 6.33. The van der Waals surface area contributed by atoms with Crippen LogP contribution in [-0.4, -0.2) is 17.0 Å². The quantitative estimate of drug-likeness (QED) is 0.747. The molecule has 0 radical (unpaired) electrons. The molecule has 88 valence electrons. The van der Waals surface area contributed by atoms with E-state index in [4.69, 9.17) is 11.5 Å². The van der Waals surface area contributed by atoms with Crippen molar-refractivity contribution in [1.82, 2.24) is 5.32 Å². The van der Waals surface area contributed by atoms with Gasteiger partial charge in [0, 0.05) is 18.5 Å². The summed E-state index contributed by atoms with van der Waals surface area (Å²) in [6.07, 6.45) is 5.13. The Morgan fingerprint density at radius 3 is 2.65 bits per heavy atom. The van der Waals surface area contributed by atoms with E-state index in [9.17, 15) is 9.59 Å². The Kier molecular flexibility index (Phi) is 4.77. The first-order valence-electron chi connectivity index (χ1n) is 5.16. The van der Waals surface area contributed by atoms with Crippen LogP contribution in [0.1, 0.15) is 24.0 Å². The van der Waals surface area contributed by atoms with E-state index in [0.29, 0.717) is 6.54 Å². The van der Waals surface area contributed by atoms with Gasteiger partial charge in [0.25, 0.3) is 0 Å². The molecule has 1 aromatic carbocycles. The molecule has 2 N–H and O–H groups in total. The summed E-state index contributed by atoms with van der Waals surface area (Å²) in [7, 11) is 0. The van der Waals surface area contributed by atoms with Crippen molar-refractivity contribution < 1.29 is 14.7 Å². The van der Waals surface area contributed by atoms with E-state index < -0.39 is 5.97 Å². The first-order chi connectivity index (χ1) is 8.13. The Balaban J connectivity index is 2.48. The standard InChI is InChI=1S/C13H13NO3/c1-2-10-5-3-4-6-11(10)9-14-12(15)7-8-13(16)17/h1,3-6H,7-9H2,(H,14,15)(H,16,17). The van der Waals surface area contributed by atoms with Crippen LogP contribution in [0.15, 0.2) is 24.3 Å². The van der Waals surface area contributed by atoms with Gasteiger partial charge in [-0.2, -0.15) is 0 Å². The zero-order valence-corrected chi connectivity index (χ0v) is 9.27. The molecule has 0 atom stereocenters. The molecule has 0 aliphatic carbocycles. The molecule has 0 saturated carbocycles. The molecule has 1 aromatic rings. The maximum absolute atomic E-state index is 11.3. The monoisotopic (exact) mass is 231 g/mol. The number of carboxylic acids is 1. The molecule has 1 amide bonds. The third kappa shape index (κ3) is 4.39. The molecule has 4 heteroatoms. The number of hydrogen-bond donors (Lipinski definition) is 2. The Bertz CT molecular complexity index is 460. The fourth-order valence-electron chi connectivity index (χ4n) is 1.32. The lowest BCUT2D eigenvalue weighted by Gasteiger charge is -2.06. The molecule has 4 nitrogen and oxygen atoms in total. The lowest BCUT2D eigenvalue weighted by Crippen LogP contribution is -2.23. The highest BCUT2D eigenvalue weighted by Crippen LogP contribution is 2.06. The average molecular weight is 231 g/mol. The zero-order valence-electron chi connectivity index (χ0n) is 9.27. The number of terminal acetylenes is 1. The van der Waals surface area contributed by atoms with Gasteiger partial charge in [-0.05, 0) is 11.6 Å². The second-order valence-electron chi connectivity index (χ2n) is 3.47. The molecule has 0 aliphatic heterocycles. The smallest absolute Gasteiger partial charge is 0.303 e. The Hall–Kier alpha value is -2.28. The predicted octanol–water partition coefficient (Wildman–Crippen LogP) is 1.15. The molecule has 17 heavy (non-hydrogen) atoms. The van der Waals surface area contributed by atoms with Gasteiger partial charge in [-0.3, -0.25) is 9.59 Å². The van der Waals surface area contributed by atoms with Gasteiger partial charge < -0.3 is 10.4 Å². The Morgan fingerprint density at radius 2 is 2.00 bits per heavy atom. The summed E-state index contributed by atoms with van der Waals surface area (Å²) < 4.78 is 0. The summed E-state index contributed by atoms with van der Waals surface area (Å²) in [5.74, 6) is 1.25. The van der Waals surface area contributed by atoms with Gasteiger partial charge in [0.05, 0.1) is 6.42 Å². The third-order valence-corrected chi connectivity index (χ3v) is 2.21. The van der Waals surface area contributed by atoms with Crippen molar-refractivity contribution in [2.45, 2.75) is 19.4 Å². The second-order valence-corrected chi connectivity index (χ2v) is 3.47. The summed E-state index contributed by atoms with van der Waals surface area (Å²) >= 11 is 0. The molecule has 0 unspecified atom stereocenters. The van der Waals surface area contributed by atoms with Gasteiger partial charge in [-0.25, -0.2) is 0 Å². The highest BCUT2D eigenvalue weighted by Gasteiger charge is 2.06. The van der Waals surface area contributed by atoms with Crippen LogP contribution in [0.3, 0.4) is 0 Å². The van der Waals surface area contributed by atoms with Gasteiger partial charge in [-0.1, -0.05) is 24.1 Å². The van der Waals surface area contributed by atoms with Crippen molar-refractivity contribution in [1.29, 1.82) is 0 Å². The number of carboxylic acid groups (broad SMARTS) is 1. The summed E-state index contributed by atoms with van der Waals surface area (Å²) in [4.78, 5) is 21.6. The van der Waals surface area contributed by atoms with Crippen LogP contribution in [0.4, 0.5) is 0 Å². The van der Waals surface area contributed by atoms with Crippen molar-refractivity contribution >= 4 is 11.9 Å².